The second kappa shape index (κ2) is 9.04. The van der Waals surface area contributed by atoms with E-state index in [1.54, 1.807) is 7.11 Å². The molecule has 0 aromatic heterocycles. The maximum atomic E-state index is 12.6. The topological polar surface area (TPSA) is 38.3 Å². The van der Waals surface area contributed by atoms with Gasteiger partial charge >= 0.3 is 0 Å². The third kappa shape index (κ3) is 5.20. The van der Waals surface area contributed by atoms with Gasteiger partial charge in [-0.1, -0.05) is 72.3 Å². The Bertz CT molecular complexity index is 872. The predicted molar refractivity (Wildman–Crippen MR) is 109 cm³/mol. The summed E-state index contributed by atoms with van der Waals surface area (Å²) in [5.41, 5.74) is 4.48. The average Bonchev–Trinajstić information content (AvgIpc) is 2.71. The zero-order valence-electron chi connectivity index (χ0n) is 15.8. The molecule has 1 unspecified atom stereocenters. The van der Waals surface area contributed by atoms with Crippen molar-refractivity contribution in [2.24, 2.45) is 0 Å². The highest BCUT2D eigenvalue weighted by Gasteiger charge is 2.16. The summed E-state index contributed by atoms with van der Waals surface area (Å²) in [5.74, 6) is 0.868. The van der Waals surface area contributed by atoms with Gasteiger partial charge in [-0.05, 0) is 42.2 Å². The lowest BCUT2D eigenvalue weighted by atomic mass is 9.97. The van der Waals surface area contributed by atoms with Gasteiger partial charge in [-0.25, -0.2) is 0 Å². The Hall–Kier alpha value is -3.07. The number of hydrogen-bond donors (Lipinski definition) is 1. The van der Waals surface area contributed by atoms with E-state index in [0.717, 1.165) is 22.4 Å². The summed E-state index contributed by atoms with van der Waals surface area (Å²) in [7, 11) is 1.65. The van der Waals surface area contributed by atoms with Crippen molar-refractivity contribution in [3.8, 4) is 5.75 Å². The van der Waals surface area contributed by atoms with Gasteiger partial charge in [0, 0.05) is 6.42 Å². The van der Waals surface area contributed by atoms with Crippen molar-refractivity contribution >= 4 is 5.91 Å². The largest absolute Gasteiger partial charge is 0.497 e. The number of benzene rings is 3. The van der Waals surface area contributed by atoms with Crippen LogP contribution >= 0.6 is 0 Å². The van der Waals surface area contributed by atoms with Crippen LogP contribution in [0.4, 0.5) is 0 Å². The van der Waals surface area contributed by atoms with Gasteiger partial charge < -0.3 is 10.1 Å². The predicted octanol–water partition coefficient (Wildman–Crippen LogP) is 4.84. The molecule has 3 heteroatoms. The molecular formula is C24H25NO2. The van der Waals surface area contributed by atoms with Crippen LogP contribution in [0.1, 0.15) is 34.7 Å². The monoisotopic (exact) mass is 359 g/mol. The van der Waals surface area contributed by atoms with Gasteiger partial charge in [-0.15, -0.1) is 0 Å². The summed E-state index contributed by atoms with van der Waals surface area (Å²) in [6.07, 6.45) is 1.15. The van der Waals surface area contributed by atoms with E-state index in [0.29, 0.717) is 12.8 Å². The fourth-order valence-electron chi connectivity index (χ4n) is 3.14. The van der Waals surface area contributed by atoms with Gasteiger partial charge in [0.05, 0.1) is 13.2 Å². The second-order valence-electron chi connectivity index (χ2n) is 6.67. The highest BCUT2D eigenvalue weighted by molar-refractivity contribution is 5.77. The van der Waals surface area contributed by atoms with Crippen LogP contribution in [0.15, 0.2) is 78.9 Å². The van der Waals surface area contributed by atoms with Gasteiger partial charge in [0.2, 0.25) is 5.91 Å². The van der Waals surface area contributed by atoms with Crippen molar-refractivity contribution in [1.82, 2.24) is 5.32 Å². The van der Waals surface area contributed by atoms with Gasteiger partial charge in [0.25, 0.3) is 0 Å². The van der Waals surface area contributed by atoms with E-state index in [-0.39, 0.29) is 11.9 Å². The lowest BCUT2D eigenvalue weighted by molar-refractivity contribution is -0.121. The van der Waals surface area contributed by atoms with E-state index in [9.17, 15) is 4.79 Å². The molecule has 1 N–H and O–H groups in total. The van der Waals surface area contributed by atoms with E-state index in [4.69, 9.17) is 4.74 Å². The standard InChI is InChI=1S/C24H25NO2/c1-18-7-6-10-21(17-18)24(20-8-4-3-5-9-20)25-23(26)16-13-19-11-14-22(27-2)15-12-19/h3-12,14-15,17,24H,13,16H2,1-2H3,(H,25,26). The van der Waals surface area contributed by atoms with Crippen LogP contribution in [0, 0.1) is 6.92 Å². The fraction of sp³-hybridized carbons (Fsp3) is 0.208. The summed E-state index contributed by atoms with van der Waals surface area (Å²) >= 11 is 0. The molecule has 0 spiro atoms. The zero-order valence-corrected chi connectivity index (χ0v) is 15.8. The third-order valence-electron chi connectivity index (χ3n) is 4.61. The molecule has 3 rings (SSSR count). The lowest BCUT2D eigenvalue weighted by Gasteiger charge is -2.20. The van der Waals surface area contributed by atoms with Crippen LogP contribution < -0.4 is 10.1 Å². The Morgan fingerprint density at radius 2 is 1.63 bits per heavy atom. The molecule has 138 valence electrons. The Balaban J connectivity index is 1.70. The van der Waals surface area contributed by atoms with Crippen molar-refractivity contribution in [2.45, 2.75) is 25.8 Å². The second-order valence-corrected chi connectivity index (χ2v) is 6.67. The maximum absolute atomic E-state index is 12.6. The molecule has 0 aliphatic rings. The fourth-order valence-corrected chi connectivity index (χ4v) is 3.14. The van der Waals surface area contributed by atoms with Gasteiger partial charge in [0.1, 0.15) is 5.75 Å². The number of carbonyl (C=O) groups excluding carboxylic acids is 1. The molecule has 1 atom stereocenters. The summed E-state index contributed by atoms with van der Waals surface area (Å²) in [4.78, 5) is 12.6. The van der Waals surface area contributed by atoms with E-state index in [1.807, 2.05) is 48.5 Å². The van der Waals surface area contributed by atoms with Crippen molar-refractivity contribution < 1.29 is 9.53 Å². The normalized spacial score (nSPS) is 11.6. The highest BCUT2D eigenvalue weighted by Crippen LogP contribution is 2.23. The first-order valence-electron chi connectivity index (χ1n) is 9.19. The summed E-state index contributed by atoms with van der Waals surface area (Å²) < 4.78 is 5.18. The minimum Gasteiger partial charge on any atom is -0.497 e. The van der Waals surface area contributed by atoms with Crippen LogP contribution in [-0.4, -0.2) is 13.0 Å². The number of rotatable bonds is 7. The van der Waals surface area contributed by atoms with E-state index < -0.39 is 0 Å². The SMILES string of the molecule is COc1ccc(CCC(=O)NC(c2ccccc2)c2cccc(C)c2)cc1. The van der Waals surface area contributed by atoms with Gasteiger partial charge in [-0.2, -0.15) is 0 Å². The molecule has 0 saturated carbocycles. The molecule has 3 aromatic carbocycles. The number of hydrogen-bond acceptors (Lipinski definition) is 2. The number of aryl methyl sites for hydroxylation is 2. The maximum Gasteiger partial charge on any atom is 0.221 e. The van der Waals surface area contributed by atoms with Crippen LogP contribution in [0.3, 0.4) is 0 Å². The van der Waals surface area contributed by atoms with Crippen LogP contribution in [-0.2, 0) is 11.2 Å². The van der Waals surface area contributed by atoms with Gasteiger partial charge in [0.15, 0.2) is 0 Å². The molecule has 3 aromatic rings. The van der Waals surface area contributed by atoms with Crippen molar-refractivity contribution in [1.29, 1.82) is 0 Å². The van der Waals surface area contributed by atoms with Crippen molar-refractivity contribution in [3.63, 3.8) is 0 Å². The summed E-state index contributed by atoms with van der Waals surface area (Å²) in [5, 5.41) is 3.21. The van der Waals surface area contributed by atoms with E-state index in [2.05, 4.69) is 42.6 Å². The number of methoxy groups -OCH3 is 1. The van der Waals surface area contributed by atoms with Crippen molar-refractivity contribution in [2.75, 3.05) is 7.11 Å². The van der Waals surface area contributed by atoms with Crippen LogP contribution in [0.5, 0.6) is 5.75 Å². The molecule has 0 aliphatic heterocycles. The first-order chi connectivity index (χ1) is 13.2. The molecule has 0 radical (unpaired) electrons. The number of amides is 1. The molecule has 0 saturated heterocycles. The number of ether oxygens (including phenoxy) is 1. The molecule has 0 bridgehead atoms. The first-order valence-corrected chi connectivity index (χ1v) is 9.19. The zero-order chi connectivity index (χ0) is 19.1. The smallest absolute Gasteiger partial charge is 0.221 e. The Labute approximate surface area is 161 Å². The quantitative estimate of drug-likeness (QED) is 0.655. The average molecular weight is 359 g/mol. The molecule has 3 nitrogen and oxygen atoms in total. The molecule has 0 fully saturated rings. The van der Waals surface area contributed by atoms with Gasteiger partial charge in [-0.3, -0.25) is 4.79 Å². The summed E-state index contributed by atoms with van der Waals surface area (Å²) in [6, 6.07) is 26.1. The molecule has 1 amide bonds. The Morgan fingerprint density at radius 3 is 2.30 bits per heavy atom. The lowest BCUT2D eigenvalue weighted by Crippen LogP contribution is -2.29. The molecule has 0 heterocycles. The molecular weight excluding hydrogens is 334 g/mol. The Kier molecular flexibility index (Phi) is 6.26. The first kappa shape index (κ1) is 18.7. The van der Waals surface area contributed by atoms with E-state index in [1.165, 1.54) is 5.56 Å². The third-order valence-corrected chi connectivity index (χ3v) is 4.61. The minimum absolute atomic E-state index is 0.0428. The highest BCUT2D eigenvalue weighted by atomic mass is 16.5. The minimum atomic E-state index is -0.144. The number of nitrogens with one attached hydrogen (secondary N) is 1. The van der Waals surface area contributed by atoms with Crippen LogP contribution in [0.2, 0.25) is 0 Å². The Morgan fingerprint density at radius 1 is 0.926 bits per heavy atom. The molecule has 27 heavy (non-hydrogen) atoms. The summed E-state index contributed by atoms with van der Waals surface area (Å²) in [6.45, 7) is 2.07. The van der Waals surface area contributed by atoms with Crippen LogP contribution in [0.25, 0.3) is 0 Å². The molecule has 0 aliphatic carbocycles. The number of carbonyl (C=O) groups is 1. The van der Waals surface area contributed by atoms with Crippen molar-refractivity contribution in [3.05, 3.63) is 101 Å². The van der Waals surface area contributed by atoms with E-state index >= 15 is 0 Å².